The van der Waals surface area contributed by atoms with Gasteiger partial charge in [-0.25, -0.2) is 4.79 Å². The monoisotopic (exact) mass is 385 g/mol. The van der Waals surface area contributed by atoms with Crippen LogP contribution in [0.5, 0.6) is 0 Å². The average Bonchev–Trinajstić information content (AvgIpc) is 2.45. The molecule has 0 saturated carbocycles. The number of rotatable bonds is 2. The van der Waals surface area contributed by atoms with Crippen molar-refractivity contribution in [2.24, 2.45) is 0 Å². The number of benzene rings is 1. The third-order valence-electron chi connectivity index (χ3n) is 3.42. The molecule has 3 nitrogen and oxygen atoms in total. The van der Waals surface area contributed by atoms with Gasteiger partial charge in [-0.05, 0) is 56.0 Å². The Hall–Kier alpha value is -1.000. The molecule has 0 atom stereocenters. The molecule has 120 valence electrons. The molecule has 1 heterocycles. The van der Waals surface area contributed by atoms with E-state index in [2.05, 4.69) is 28.1 Å². The minimum atomic E-state index is -0.460. The number of hydrogen-bond acceptors (Lipinski definition) is 2. The first kappa shape index (κ1) is 17.4. The maximum Gasteiger partial charge on any atom is 0.410 e. The zero-order chi connectivity index (χ0) is 16.3. The molecule has 0 saturated heterocycles. The molecule has 1 aromatic rings. The van der Waals surface area contributed by atoms with Gasteiger partial charge in [0.25, 0.3) is 0 Å². The smallest absolute Gasteiger partial charge is 0.410 e. The molecule has 0 unspecified atom stereocenters. The lowest BCUT2D eigenvalue weighted by Gasteiger charge is -2.30. The van der Waals surface area contributed by atoms with Gasteiger partial charge in [-0.15, -0.1) is 11.6 Å². The SMILES string of the molecule is CC(C)(C)OC(=O)N1CC=C(c2ccc(Br)cc2CCl)CC1. The summed E-state index contributed by atoms with van der Waals surface area (Å²) in [5, 5.41) is 0. The highest BCUT2D eigenvalue weighted by atomic mass is 79.9. The molecule has 1 aliphatic heterocycles. The van der Waals surface area contributed by atoms with Crippen LogP contribution >= 0.6 is 27.5 Å². The highest BCUT2D eigenvalue weighted by Gasteiger charge is 2.24. The van der Waals surface area contributed by atoms with Crippen LogP contribution in [0.25, 0.3) is 5.57 Å². The maximum absolute atomic E-state index is 12.1. The van der Waals surface area contributed by atoms with Gasteiger partial charge < -0.3 is 9.64 Å². The van der Waals surface area contributed by atoms with Crippen molar-refractivity contribution in [1.29, 1.82) is 0 Å². The second kappa shape index (κ2) is 7.05. The summed E-state index contributed by atoms with van der Waals surface area (Å²) < 4.78 is 6.44. The highest BCUT2D eigenvalue weighted by Crippen LogP contribution is 2.29. The summed E-state index contributed by atoms with van der Waals surface area (Å²) >= 11 is 9.51. The quantitative estimate of drug-likeness (QED) is 0.653. The van der Waals surface area contributed by atoms with E-state index >= 15 is 0 Å². The van der Waals surface area contributed by atoms with Gasteiger partial charge in [-0.1, -0.05) is 28.1 Å². The average molecular weight is 387 g/mol. The van der Waals surface area contributed by atoms with Crippen molar-refractivity contribution < 1.29 is 9.53 Å². The molecule has 0 bridgehead atoms. The van der Waals surface area contributed by atoms with Crippen molar-refractivity contribution in [3.63, 3.8) is 0 Å². The Labute approximate surface area is 145 Å². The largest absolute Gasteiger partial charge is 0.444 e. The Morgan fingerprint density at radius 1 is 1.41 bits per heavy atom. The summed E-state index contributed by atoms with van der Waals surface area (Å²) in [5.41, 5.74) is 3.05. The predicted molar refractivity (Wildman–Crippen MR) is 94.1 cm³/mol. The van der Waals surface area contributed by atoms with Gasteiger partial charge in [0.05, 0.1) is 0 Å². The predicted octanol–water partition coefficient (Wildman–Crippen LogP) is 5.21. The van der Waals surface area contributed by atoms with Crippen LogP contribution in [-0.4, -0.2) is 29.7 Å². The van der Waals surface area contributed by atoms with Crippen molar-refractivity contribution >= 4 is 39.2 Å². The van der Waals surface area contributed by atoms with Crippen LogP contribution in [0.15, 0.2) is 28.7 Å². The second-order valence-electron chi connectivity index (χ2n) is 6.34. The molecule has 22 heavy (non-hydrogen) atoms. The Bertz CT molecular complexity index is 593. The summed E-state index contributed by atoms with van der Waals surface area (Å²) in [6.07, 6.45) is 2.65. The Balaban J connectivity index is 2.10. The fourth-order valence-electron chi connectivity index (χ4n) is 2.39. The Morgan fingerprint density at radius 3 is 2.68 bits per heavy atom. The normalized spacial score (nSPS) is 15.5. The zero-order valence-corrected chi connectivity index (χ0v) is 15.5. The number of halogens is 2. The number of nitrogens with zero attached hydrogens (tertiary/aromatic N) is 1. The number of ether oxygens (including phenoxy) is 1. The van der Waals surface area contributed by atoms with Gasteiger partial charge in [0.1, 0.15) is 5.60 Å². The molecule has 0 fully saturated rings. The van der Waals surface area contributed by atoms with E-state index in [0.29, 0.717) is 19.0 Å². The lowest BCUT2D eigenvalue weighted by atomic mass is 9.96. The van der Waals surface area contributed by atoms with E-state index in [9.17, 15) is 4.79 Å². The summed E-state index contributed by atoms with van der Waals surface area (Å²) in [6.45, 7) is 6.88. The fraction of sp³-hybridized carbons (Fsp3) is 0.471. The standard InChI is InChI=1S/C17H21BrClNO2/c1-17(2,3)22-16(21)20-8-6-12(7-9-20)15-5-4-14(18)10-13(15)11-19/h4-6,10H,7-9,11H2,1-3H3. The lowest BCUT2D eigenvalue weighted by molar-refractivity contribution is 0.0270. The van der Waals surface area contributed by atoms with E-state index in [-0.39, 0.29) is 6.09 Å². The summed E-state index contributed by atoms with van der Waals surface area (Å²) in [5.74, 6) is 0.474. The molecule has 5 heteroatoms. The van der Waals surface area contributed by atoms with E-state index < -0.39 is 5.60 Å². The first-order chi connectivity index (χ1) is 10.3. The third-order valence-corrected chi connectivity index (χ3v) is 4.20. The van der Waals surface area contributed by atoms with Crippen molar-refractivity contribution in [3.8, 4) is 0 Å². The van der Waals surface area contributed by atoms with Crippen LogP contribution in [0.2, 0.25) is 0 Å². The first-order valence-corrected chi connectivity index (χ1v) is 8.64. The summed E-state index contributed by atoms with van der Waals surface area (Å²) in [7, 11) is 0. The number of amides is 1. The Kier molecular flexibility index (Phi) is 5.56. The second-order valence-corrected chi connectivity index (χ2v) is 7.52. The number of carbonyl (C=O) groups is 1. The highest BCUT2D eigenvalue weighted by molar-refractivity contribution is 9.10. The van der Waals surface area contributed by atoms with E-state index in [1.165, 1.54) is 11.1 Å². The topological polar surface area (TPSA) is 29.5 Å². The zero-order valence-electron chi connectivity index (χ0n) is 13.2. The lowest BCUT2D eigenvalue weighted by Crippen LogP contribution is -2.39. The Morgan fingerprint density at radius 2 is 2.14 bits per heavy atom. The minimum Gasteiger partial charge on any atom is -0.444 e. The molecule has 1 amide bonds. The molecule has 1 aromatic carbocycles. The van der Waals surface area contributed by atoms with Crippen molar-refractivity contribution in [2.45, 2.75) is 38.7 Å². The van der Waals surface area contributed by atoms with Gasteiger partial charge >= 0.3 is 6.09 Å². The summed E-state index contributed by atoms with van der Waals surface area (Å²) in [6, 6.07) is 6.15. The molecule has 0 N–H and O–H groups in total. The summed E-state index contributed by atoms with van der Waals surface area (Å²) in [4.78, 5) is 13.8. The van der Waals surface area contributed by atoms with Crippen LogP contribution in [-0.2, 0) is 10.6 Å². The van der Waals surface area contributed by atoms with Crippen molar-refractivity contribution in [2.75, 3.05) is 13.1 Å². The molecular weight excluding hydrogens is 366 g/mol. The maximum atomic E-state index is 12.1. The number of alkyl halides is 1. The first-order valence-electron chi connectivity index (χ1n) is 7.32. The minimum absolute atomic E-state index is 0.254. The van der Waals surface area contributed by atoms with Gasteiger partial charge in [-0.3, -0.25) is 0 Å². The molecule has 2 rings (SSSR count). The van der Waals surface area contributed by atoms with Crippen LogP contribution < -0.4 is 0 Å². The molecule has 0 aliphatic carbocycles. The molecule has 0 radical (unpaired) electrons. The van der Waals surface area contributed by atoms with E-state index in [4.69, 9.17) is 16.3 Å². The van der Waals surface area contributed by atoms with E-state index in [1.54, 1.807) is 4.90 Å². The van der Waals surface area contributed by atoms with Crippen molar-refractivity contribution in [3.05, 3.63) is 39.9 Å². The van der Waals surface area contributed by atoms with Gasteiger partial charge in [0.2, 0.25) is 0 Å². The third kappa shape index (κ3) is 4.50. The van der Waals surface area contributed by atoms with Crippen molar-refractivity contribution in [1.82, 2.24) is 4.90 Å². The van der Waals surface area contributed by atoms with E-state index in [1.807, 2.05) is 32.9 Å². The number of hydrogen-bond donors (Lipinski definition) is 0. The van der Waals surface area contributed by atoms with Gasteiger partial charge in [0, 0.05) is 23.4 Å². The van der Waals surface area contributed by atoms with E-state index in [0.717, 1.165) is 16.5 Å². The van der Waals surface area contributed by atoms with Crippen LogP contribution in [0.3, 0.4) is 0 Å². The molecule has 0 spiro atoms. The fourth-order valence-corrected chi connectivity index (χ4v) is 3.02. The van der Waals surface area contributed by atoms with Crippen LogP contribution in [0.4, 0.5) is 4.79 Å². The van der Waals surface area contributed by atoms with Crippen LogP contribution in [0, 0.1) is 0 Å². The number of carbonyl (C=O) groups excluding carboxylic acids is 1. The molecular formula is C17H21BrClNO2. The molecule has 0 aromatic heterocycles. The van der Waals surface area contributed by atoms with Gasteiger partial charge in [0.15, 0.2) is 0 Å². The van der Waals surface area contributed by atoms with Crippen LogP contribution in [0.1, 0.15) is 38.3 Å². The molecule has 1 aliphatic rings. The van der Waals surface area contributed by atoms with Gasteiger partial charge in [-0.2, -0.15) is 0 Å².